The highest BCUT2D eigenvalue weighted by Crippen LogP contribution is 2.23. The monoisotopic (exact) mass is 286 g/mol. The molecule has 0 aliphatic carbocycles. The summed E-state index contributed by atoms with van der Waals surface area (Å²) in [6.45, 7) is 3.76. The Labute approximate surface area is 116 Å². The highest BCUT2D eigenvalue weighted by atomic mass is 35.5. The molecule has 0 aromatic heterocycles. The van der Waals surface area contributed by atoms with Crippen LogP contribution in [-0.2, 0) is 9.53 Å². The van der Waals surface area contributed by atoms with Crippen molar-refractivity contribution in [3.8, 4) is 0 Å². The van der Waals surface area contributed by atoms with Crippen molar-refractivity contribution >= 4 is 23.4 Å². The van der Waals surface area contributed by atoms with E-state index in [0.717, 1.165) is 12.1 Å². The summed E-state index contributed by atoms with van der Waals surface area (Å²) in [5.74, 6) is -2.39. The Morgan fingerprint density at radius 2 is 2.05 bits per heavy atom. The van der Waals surface area contributed by atoms with Gasteiger partial charge in [-0.2, -0.15) is 0 Å². The van der Waals surface area contributed by atoms with Crippen LogP contribution in [0.2, 0.25) is 5.02 Å². The van der Waals surface area contributed by atoms with E-state index in [1.165, 1.54) is 6.07 Å². The van der Waals surface area contributed by atoms with Crippen LogP contribution >= 0.6 is 11.6 Å². The molecule has 1 unspecified atom stereocenters. The average Bonchev–Trinajstić information content (AvgIpc) is 2.35. The number of hydrogen-bond acceptors (Lipinski definition) is 3. The van der Waals surface area contributed by atoms with E-state index >= 15 is 0 Å². The molecule has 19 heavy (non-hydrogen) atoms. The van der Waals surface area contributed by atoms with Gasteiger partial charge in [0.15, 0.2) is 5.78 Å². The fraction of sp³-hybridized carbons (Fsp3) is 0.429. The Hall–Kier alpha value is -1.42. The topological polar surface area (TPSA) is 43.4 Å². The van der Waals surface area contributed by atoms with Crippen LogP contribution in [0.3, 0.4) is 0 Å². The molecule has 1 rings (SSSR count). The number of esters is 1. The fourth-order valence-corrected chi connectivity index (χ4v) is 2.02. The minimum absolute atomic E-state index is 0.00963. The molecule has 0 heterocycles. The van der Waals surface area contributed by atoms with E-state index in [9.17, 15) is 14.0 Å². The Morgan fingerprint density at radius 1 is 1.37 bits per heavy atom. The van der Waals surface area contributed by atoms with Crippen molar-refractivity contribution in [2.45, 2.75) is 26.7 Å². The molecule has 0 spiro atoms. The summed E-state index contributed by atoms with van der Waals surface area (Å²) in [5.41, 5.74) is 0.148. The zero-order valence-electron chi connectivity index (χ0n) is 10.9. The molecule has 1 atom stereocenters. The average molecular weight is 287 g/mol. The number of halogens is 2. The maximum atomic E-state index is 13.0. The van der Waals surface area contributed by atoms with Crippen molar-refractivity contribution in [1.82, 2.24) is 0 Å². The van der Waals surface area contributed by atoms with Crippen molar-refractivity contribution in [3.05, 3.63) is 34.6 Å². The number of carbonyl (C=O) groups excluding carboxylic acids is 2. The minimum atomic E-state index is -0.882. The van der Waals surface area contributed by atoms with Gasteiger partial charge in [-0.3, -0.25) is 9.59 Å². The van der Waals surface area contributed by atoms with Gasteiger partial charge < -0.3 is 4.74 Å². The second-order valence-electron chi connectivity index (χ2n) is 4.08. The van der Waals surface area contributed by atoms with Crippen LogP contribution in [0.1, 0.15) is 37.0 Å². The molecule has 0 bridgehead atoms. The van der Waals surface area contributed by atoms with Crippen molar-refractivity contribution in [3.63, 3.8) is 0 Å². The maximum absolute atomic E-state index is 13.0. The standard InChI is InChI=1S/C14H16ClFO3/c1-3-5-11(14(18)19-4-2)13(17)10-7-6-9(16)8-12(10)15/h6-8,11H,3-5H2,1-2H3. The van der Waals surface area contributed by atoms with Crippen LogP contribution in [0, 0.1) is 11.7 Å². The molecule has 0 fully saturated rings. The maximum Gasteiger partial charge on any atom is 0.316 e. The summed E-state index contributed by atoms with van der Waals surface area (Å²) in [7, 11) is 0. The van der Waals surface area contributed by atoms with E-state index in [2.05, 4.69) is 0 Å². The molecule has 0 saturated heterocycles. The molecule has 0 N–H and O–H groups in total. The zero-order chi connectivity index (χ0) is 14.4. The first-order chi connectivity index (χ1) is 9.01. The third-order valence-electron chi connectivity index (χ3n) is 2.66. The molecule has 0 saturated carbocycles. The summed E-state index contributed by atoms with van der Waals surface area (Å²) >= 11 is 5.84. The second-order valence-corrected chi connectivity index (χ2v) is 4.49. The van der Waals surface area contributed by atoms with Crippen LogP contribution in [0.25, 0.3) is 0 Å². The van der Waals surface area contributed by atoms with Gasteiger partial charge >= 0.3 is 5.97 Å². The van der Waals surface area contributed by atoms with Crippen LogP contribution in [0.15, 0.2) is 18.2 Å². The number of rotatable bonds is 6. The van der Waals surface area contributed by atoms with E-state index in [1.807, 2.05) is 6.92 Å². The van der Waals surface area contributed by atoms with Gasteiger partial charge in [-0.1, -0.05) is 24.9 Å². The number of ether oxygens (including phenoxy) is 1. The Kier molecular flexibility index (Phi) is 5.96. The second kappa shape index (κ2) is 7.24. The van der Waals surface area contributed by atoms with Gasteiger partial charge in [0.05, 0.1) is 11.6 Å². The van der Waals surface area contributed by atoms with Crippen molar-refractivity contribution < 1.29 is 18.7 Å². The fourth-order valence-electron chi connectivity index (χ4n) is 1.76. The zero-order valence-corrected chi connectivity index (χ0v) is 11.7. The quantitative estimate of drug-likeness (QED) is 0.455. The normalized spacial score (nSPS) is 12.0. The number of hydrogen-bond donors (Lipinski definition) is 0. The molecule has 5 heteroatoms. The summed E-state index contributed by atoms with van der Waals surface area (Å²) in [6, 6.07) is 3.50. The van der Waals surface area contributed by atoms with Gasteiger partial charge in [0.1, 0.15) is 11.7 Å². The Balaban J connectivity index is 3.02. The molecule has 0 aliphatic heterocycles. The number of carbonyl (C=O) groups is 2. The molecule has 0 radical (unpaired) electrons. The van der Waals surface area contributed by atoms with Crippen LogP contribution < -0.4 is 0 Å². The molecule has 0 amide bonds. The molecular weight excluding hydrogens is 271 g/mol. The van der Waals surface area contributed by atoms with Crippen molar-refractivity contribution in [2.75, 3.05) is 6.61 Å². The van der Waals surface area contributed by atoms with Crippen LogP contribution in [0.5, 0.6) is 0 Å². The largest absolute Gasteiger partial charge is 0.465 e. The molecular formula is C14H16ClFO3. The molecule has 0 aliphatic rings. The summed E-state index contributed by atoms with van der Waals surface area (Å²) in [5, 5.41) is 0.00963. The van der Waals surface area contributed by atoms with Gasteiger partial charge in [0.2, 0.25) is 0 Å². The van der Waals surface area contributed by atoms with E-state index in [4.69, 9.17) is 16.3 Å². The minimum Gasteiger partial charge on any atom is -0.465 e. The van der Waals surface area contributed by atoms with Crippen molar-refractivity contribution in [2.24, 2.45) is 5.92 Å². The van der Waals surface area contributed by atoms with Gasteiger partial charge in [0, 0.05) is 5.56 Å². The predicted molar refractivity (Wildman–Crippen MR) is 70.8 cm³/mol. The molecule has 1 aromatic carbocycles. The van der Waals surface area contributed by atoms with Gasteiger partial charge in [-0.05, 0) is 31.5 Å². The number of Topliss-reactive ketones (excluding diaryl/α,β-unsaturated/α-hetero) is 1. The number of ketones is 1. The first kappa shape index (κ1) is 15.6. The van der Waals surface area contributed by atoms with E-state index in [-0.39, 0.29) is 17.2 Å². The lowest BCUT2D eigenvalue weighted by molar-refractivity contribution is -0.146. The SMILES string of the molecule is CCCC(C(=O)OCC)C(=O)c1ccc(F)cc1Cl. The Bertz CT molecular complexity index is 474. The van der Waals surface area contributed by atoms with E-state index in [0.29, 0.717) is 12.8 Å². The van der Waals surface area contributed by atoms with E-state index in [1.54, 1.807) is 6.92 Å². The molecule has 104 valence electrons. The van der Waals surface area contributed by atoms with E-state index < -0.39 is 23.5 Å². The lowest BCUT2D eigenvalue weighted by atomic mass is 9.93. The Morgan fingerprint density at radius 3 is 2.58 bits per heavy atom. The van der Waals surface area contributed by atoms with Gasteiger partial charge in [-0.25, -0.2) is 4.39 Å². The van der Waals surface area contributed by atoms with Crippen molar-refractivity contribution in [1.29, 1.82) is 0 Å². The van der Waals surface area contributed by atoms with Gasteiger partial charge in [-0.15, -0.1) is 0 Å². The highest BCUT2D eigenvalue weighted by Gasteiger charge is 2.29. The highest BCUT2D eigenvalue weighted by molar-refractivity contribution is 6.34. The first-order valence-corrected chi connectivity index (χ1v) is 6.54. The lowest BCUT2D eigenvalue weighted by Crippen LogP contribution is -2.26. The molecule has 3 nitrogen and oxygen atoms in total. The summed E-state index contributed by atoms with van der Waals surface area (Å²) < 4.78 is 17.8. The smallest absolute Gasteiger partial charge is 0.316 e. The summed E-state index contributed by atoms with van der Waals surface area (Å²) in [4.78, 5) is 24.0. The first-order valence-electron chi connectivity index (χ1n) is 6.17. The summed E-state index contributed by atoms with van der Waals surface area (Å²) in [6.07, 6.45) is 1.04. The third kappa shape index (κ3) is 4.03. The van der Waals surface area contributed by atoms with Crippen LogP contribution in [-0.4, -0.2) is 18.4 Å². The van der Waals surface area contributed by atoms with Gasteiger partial charge in [0.25, 0.3) is 0 Å². The van der Waals surface area contributed by atoms with Crippen LogP contribution in [0.4, 0.5) is 4.39 Å². The number of benzene rings is 1. The lowest BCUT2D eigenvalue weighted by Gasteiger charge is -2.14. The third-order valence-corrected chi connectivity index (χ3v) is 2.97. The predicted octanol–water partition coefficient (Wildman–Crippen LogP) is 3.64. The molecule has 1 aromatic rings.